The fraction of sp³-hybridized carbons (Fsp3) is 0.462. The average Bonchev–Trinajstić information content (AvgIpc) is 2.72. The Bertz CT molecular complexity index is 766. The Hall–Kier alpha value is -2.24. The highest BCUT2D eigenvalue weighted by Gasteiger charge is 2.16. The number of hydrogen-bond acceptors (Lipinski definition) is 2. The molecule has 0 spiro atoms. The lowest BCUT2D eigenvalue weighted by molar-refractivity contribution is 0.177. The van der Waals surface area contributed by atoms with E-state index in [1.54, 1.807) is 0 Å². The lowest BCUT2D eigenvalue weighted by atomic mass is 9.98. The zero-order valence-electron chi connectivity index (χ0n) is 17.4. The molecule has 0 N–H and O–H groups in total. The van der Waals surface area contributed by atoms with Crippen molar-refractivity contribution in [1.29, 1.82) is 0 Å². The van der Waals surface area contributed by atoms with E-state index in [9.17, 15) is 0 Å². The van der Waals surface area contributed by atoms with Crippen LogP contribution in [0.3, 0.4) is 0 Å². The van der Waals surface area contributed by atoms with Gasteiger partial charge in [-0.3, -0.25) is 0 Å². The highest BCUT2D eigenvalue weighted by atomic mass is 16.5. The molecule has 0 aromatic heterocycles. The van der Waals surface area contributed by atoms with Crippen molar-refractivity contribution in [2.45, 2.75) is 52.1 Å². The van der Waals surface area contributed by atoms with Crippen molar-refractivity contribution >= 4 is 0 Å². The molecular formula is C26H33NO. The number of hydrogen-bond donors (Lipinski definition) is 0. The molecule has 1 unspecified atom stereocenters. The monoisotopic (exact) mass is 375 g/mol. The van der Waals surface area contributed by atoms with E-state index in [0.717, 1.165) is 30.7 Å². The van der Waals surface area contributed by atoms with Crippen molar-refractivity contribution in [3.05, 3.63) is 65.7 Å². The number of nitrogens with zero attached hydrogens (tertiary/aromatic N) is 1. The van der Waals surface area contributed by atoms with Gasteiger partial charge in [0.25, 0.3) is 0 Å². The first-order chi connectivity index (χ1) is 13.7. The van der Waals surface area contributed by atoms with Crippen molar-refractivity contribution in [2.75, 3.05) is 19.6 Å². The van der Waals surface area contributed by atoms with E-state index in [2.05, 4.69) is 54.9 Å². The molecule has 3 rings (SSSR count). The molecule has 0 aliphatic carbocycles. The molecule has 2 aromatic carbocycles. The minimum atomic E-state index is 0.0532. The summed E-state index contributed by atoms with van der Waals surface area (Å²) in [5.74, 6) is 8.22. The number of benzene rings is 2. The summed E-state index contributed by atoms with van der Waals surface area (Å²) >= 11 is 0. The topological polar surface area (TPSA) is 12.5 Å². The van der Waals surface area contributed by atoms with Crippen LogP contribution < -0.4 is 4.74 Å². The third-order valence-corrected chi connectivity index (χ3v) is 5.20. The van der Waals surface area contributed by atoms with Gasteiger partial charge in [-0.1, -0.05) is 62.4 Å². The number of likely N-dealkylation sites (tertiary alicyclic amines) is 1. The number of para-hydroxylation sites is 1. The van der Waals surface area contributed by atoms with Gasteiger partial charge in [0.15, 0.2) is 0 Å². The summed E-state index contributed by atoms with van der Waals surface area (Å²) < 4.78 is 6.32. The average molecular weight is 376 g/mol. The third-order valence-electron chi connectivity index (χ3n) is 5.20. The first kappa shape index (κ1) is 20.5. The molecule has 0 bridgehead atoms. The van der Waals surface area contributed by atoms with Crippen molar-refractivity contribution in [3.63, 3.8) is 0 Å². The second kappa shape index (κ2) is 10.9. The summed E-state index contributed by atoms with van der Waals surface area (Å²) in [5, 5.41) is 0. The summed E-state index contributed by atoms with van der Waals surface area (Å²) in [4.78, 5) is 2.54. The van der Waals surface area contributed by atoms with Crippen LogP contribution in [0.25, 0.3) is 0 Å². The van der Waals surface area contributed by atoms with Crippen molar-refractivity contribution in [1.82, 2.24) is 4.90 Å². The highest BCUT2D eigenvalue weighted by Crippen LogP contribution is 2.28. The van der Waals surface area contributed by atoms with Gasteiger partial charge in [0.05, 0.1) is 0 Å². The smallest absolute Gasteiger partial charge is 0.124 e. The molecule has 2 nitrogen and oxygen atoms in total. The van der Waals surface area contributed by atoms with Crippen LogP contribution in [0.15, 0.2) is 54.6 Å². The Labute approximate surface area is 170 Å². The first-order valence-corrected chi connectivity index (χ1v) is 10.7. The number of piperidine rings is 1. The molecule has 1 aliphatic heterocycles. The molecule has 1 atom stereocenters. The van der Waals surface area contributed by atoms with E-state index in [4.69, 9.17) is 4.74 Å². The van der Waals surface area contributed by atoms with Crippen molar-refractivity contribution in [2.24, 2.45) is 5.92 Å². The molecule has 0 saturated carbocycles. The molecule has 1 aliphatic rings. The van der Waals surface area contributed by atoms with Gasteiger partial charge in [-0.15, -0.1) is 0 Å². The molecule has 1 heterocycles. The van der Waals surface area contributed by atoms with Gasteiger partial charge in [-0.2, -0.15) is 0 Å². The van der Waals surface area contributed by atoms with Crippen molar-refractivity contribution < 1.29 is 4.74 Å². The molecule has 0 radical (unpaired) electrons. The fourth-order valence-electron chi connectivity index (χ4n) is 3.72. The van der Waals surface area contributed by atoms with E-state index in [-0.39, 0.29) is 6.10 Å². The van der Waals surface area contributed by atoms with Gasteiger partial charge in [-0.05, 0) is 68.1 Å². The Morgan fingerprint density at radius 3 is 2.50 bits per heavy atom. The molecular weight excluding hydrogens is 342 g/mol. The predicted molar refractivity (Wildman–Crippen MR) is 117 cm³/mol. The third kappa shape index (κ3) is 6.73. The summed E-state index contributed by atoms with van der Waals surface area (Å²) in [6, 6.07) is 18.7. The van der Waals surface area contributed by atoms with E-state index < -0.39 is 0 Å². The SMILES string of the molecule is CC(C)CC(Oc1ccccc1)c1cccc(C#CCCN2CCCCC2)c1. The standard InChI is InChI=1S/C26H33NO/c1-22(2)20-26(28-25-15-5-3-6-16-25)24-14-11-13-23(21-24)12-7-10-19-27-17-8-4-9-18-27/h3,5-6,11,13-16,21-22,26H,4,8-10,17-20H2,1-2H3. The Morgan fingerprint density at radius 1 is 0.964 bits per heavy atom. The number of ether oxygens (including phenoxy) is 1. The summed E-state index contributed by atoms with van der Waals surface area (Å²) in [6.45, 7) is 8.06. The van der Waals surface area contributed by atoms with E-state index >= 15 is 0 Å². The first-order valence-electron chi connectivity index (χ1n) is 10.7. The van der Waals surface area contributed by atoms with Crippen LogP contribution in [-0.4, -0.2) is 24.5 Å². The highest BCUT2D eigenvalue weighted by molar-refractivity contribution is 5.38. The minimum absolute atomic E-state index is 0.0532. The molecule has 2 aromatic rings. The largest absolute Gasteiger partial charge is 0.486 e. The maximum Gasteiger partial charge on any atom is 0.124 e. The van der Waals surface area contributed by atoms with Gasteiger partial charge in [0, 0.05) is 18.5 Å². The maximum absolute atomic E-state index is 6.32. The van der Waals surface area contributed by atoms with Crippen LogP contribution in [-0.2, 0) is 0 Å². The Morgan fingerprint density at radius 2 is 1.75 bits per heavy atom. The van der Waals surface area contributed by atoms with Crippen LogP contribution in [0.2, 0.25) is 0 Å². The lowest BCUT2D eigenvalue weighted by Crippen LogP contribution is -2.30. The van der Waals surface area contributed by atoms with Gasteiger partial charge in [0.2, 0.25) is 0 Å². The molecule has 0 amide bonds. The fourth-order valence-corrected chi connectivity index (χ4v) is 3.72. The normalized spacial score (nSPS) is 15.7. The molecule has 1 saturated heterocycles. The summed E-state index contributed by atoms with van der Waals surface area (Å²) in [5.41, 5.74) is 2.29. The molecule has 2 heteroatoms. The van der Waals surface area contributed by atoms with Crippen LogP contribution in [0.4, 0.5) is 0 Å². The predicted octanol–water partition coefficient (Wildman–Crippen LogP) is 6.08. The van der Waals surface area contributed by atoms with Gasteiger partial charge in [-0.25, -0.2) is 0 Å². The van der Waals surface area contributed by atoms with Gasteiger partial charge < -0.3 is 9.64 Å². The van der Waals surface area contributed by atoms with E-state index in [0.29, 0.717) is 5.92 Å². The molecule has 148 valence electrons. The van der Waals surface area contributed by atoms with Crippen LogP contribution >= 0.6 is 0 Å². The summed E-state index contributed by atoms with van der Waals surface area (Å²) in [6.07, 6.45) is 6.05. The van der Waals surface area contributed by atoms with Crippen LogP contribution in [0.1, 0.15) is 63.2 Å². The van der Waals surface area contributed by atoms with Gasteiger partial charge in [0.1, 0.15) is 11.9 Å². The molecule has 28 heavy (non-hydrogen) atoms. The number of rotatable bonds is 7. The zero-order valence-corrected chi connectivity index (χ0v) is 17.4. The maximum atomic E-state index is 6.32. The zero-order chi connectivity index (χ0) is 19.6. The molecule has 1 fully saturated rings. The Kier molecular flexibility index (Phi) is 8.00. The van der Waals surface area contributed by atoms with Crippen molar-refractivity contribution in [3.8, 4) is 17.6 Å². The quantitative estimate of drug-likeness (QED) is 0.544. The van der Waals surface area contributed by atoms with E-state index in [1.165, 1.54) is 37.9 Å². The van der Waals surface area contributed by atoms with Gasteiger partial charge >= 0.3 is 0 Å². The van der Waals surface area contributed by atoms with Crippen LogP contribution in [0.5, 0.6) is 5.75 Å². The second-order valence-corrected chi connectivity index (χ2v) is 8.13. The second-order valence-electron chi connectivity index (χ2n) is 8.13. The van der Waals surface area contributed by atoms with E-state index in [1.807, 2.05) is 30.3 Å². The summed E-state index contributed by atoms with van der Waals surface area (Å²) in [7, 11) is 0. The Balaban J connectivity index is 1.64. The van der Waals surface area contributed by atoms with Crippen LogP contribution in [0, 0.1) is 17.8 Å². The lowest BCUT2D eigenvalue weighted by Gasteiger charge is -2.25. The minimum Gasteiger partial charge on any atom is -0.486 e.